The number of ether oxygens (including phenoxy) is 3. The molecule has 0 radical (unpaired) electrons. The van der Waals surface area contributed by atoms with Gasteiger partial charge in [-0.2, -0.15) is 0 Å². The number of hydrogen-bond acceptors (Lipinski definition) is 5. The number of hydrogen-bond donors (Lipinski definition) is 0. The molecule has 0 amide bonds. The summed E-state index contributed by atoms with van der Waals surface area (Å²) in [6, 6.07) is 13.7. The molecule has 176 valence electrons. The van der Waals surface area contributed by atoms with Gasteiger partial charge in [0, 0.05) is 16.3 Å². The molecule has 0 heterocycles. The Hall–Kier alpha value is -2.19. The number of carbonyl (C=O) groups is 2. The number of carbonyl (C=O) groups excluding carboxylic acids is 2. The second-order valence-corrected chi connectivity index (χ2v) is 9.54. The van der Waals surface area contributed by atoms with Crippen molar-refractivity contribution in [2.75, 3.05) is 6.61 Å². The summed E-state index contributed by atoms with van der Waals surface area (Å²) in [6.45, 7) is 6.09. The van der Waals surface area contributed by atoms with Crippen LogP contribution >= 0.6 is 22.6 Å². The van der Waals surface area contributed by atoms with Gasteiger partial charge in [0.15, 0.2) is 6.29 Å². The first-order chi connectivity index (χ1) is 15.9. The monoisotopic (exact) mass is 562 g/mol. The standard InChI is InChI=1S/C27H31IO5/c1-4-31-19(3)32-27(30)23-7-5-21(6-8-23)22-10-14-25(15-11-22)33-26(29)16-12-20-9-13-24(28)17-18(20)2/h5-9,12-13,16-17,19,22,25H,4,10-11,14-15H2,1-3H3/b16-12+. The fourth-order valence-electron chi connectivity index (χ4n) is 4.08. The van der Waals surface area contributed by atoms with Crippen LogP contribution in [-0.2, 0) is 19.0 Å². The fraction of sp³-hybridized carbons (Fsp3) is 0.407. The molecule has 0 aromatic heterocycles. The number of halogens is 1. The normalized spacial score (nSPS) is 19.3. The van der Waals surface area contributed by atoms with Crippen molar-refractivity contribution < 1.29 is 23.8 Å². The third-order valence-electron chi connectivity index (χ3n) is 5.88. The van der Waals surface area contributed by atoms with Gasteiger partial charge in [-0.05, 0) is 122 Å². The zero-order valence-electron chi connectivity index (χ0n) is 19.4. The van der Waals surface area contributed by atoms with Gasteiger partial charge in [-0.15, -0.1) is 0 Å². The van der Waals surface area contributed by atoms with E-state index in [1.807, 2.05) is 44.2 Å². The van der Waals surface area contributed by atoms with Gasteiger partial charge in [-0.25, -0.2) is 9.59 Å². The van der Waals surface area contributed by atoms with Crippen molar-refractivity contribution in [1.82, 2.24) is 0 Å². The number of esters is 2. The summed E-state index contributed by atoms with van der Waals surface area (Å²) in [6.07, 6.45) is 6.30. The van der Waals surface area contributed by atoms with E-state index in [0.29, 0.717) is 18.1 Å². The Kier molecular flexibility index (Phi) is 9.50. The van der Waals surface area contributed by atoms with Gasteiger partial charge in [0.05, 0.1) is 5.56 Å². The maximum Gasteiger partial charge on any atom is 0.340 e. The summed E-state index contributed by atoms with van der Waals surface area (Å²) >= 11 is 2.28. The zero-order valence-corrected chi connectivity index (χ0v) is 21.5. The van der Waals surface area contributed by atoms with E-state index in [2.05, 4.69) is 28.7 Å². The van der Waals surface area contributed by atoms with E-state index < -0.39 is 6.29 Å². The zero-order chi connectivity index (χ0) is 23.8. The summed E-state index contributed by atoms with van der Waals surface area (Å²) in [7, 11) is 0. The molecule has 1 fully saturated rings. The van der Waals surface area contributed by atoms with E-state index in [9.17, 15) is 9.59 Å². The molecule has 2 aromatic carbocycles. The largest absolute Gasteiger partial charge is 0.459 e. The molecule has 2 aromatic rings. The molecule has 33 heavy (non-hydrogen) atoms. The molecule has 0 spiro atoms. The van der Waals surface area contributed by atoms with Crippen LogP contribution in [0.2, 0.25) is 0 Å². The van der Waals surface area contributed by atoms with E-state index >= 15 is 0 Å². The predicted octanol–water partition coefficient (Wildman–Crippen LogP) is 6.42. The molecule has 1 unspecified atom stereocenters. The van der Waals surface area contributed by atoms with Gasteiger partial charge >= 0.3 is 11.9 Å². The van der Waals surface area contributed by atoms with Crippen LogP contribution in [0.3, 0.4) is 0 Å². The Labute approximate surface area is 209 Å². The van der Waals surface area contributed by atoms with Crippen molar-refractivity contribution in [3.8, 4) is 0 Å². The van der Waals surface area contributed by atoms with Crippen molar-refractivity contribution in [2.45, 2.75) is 64.8 Å². The van der Waals surface area contributed by atoms with Gasteiger partial charge in [0.25, 0.3) is 0 Å². The van der Waals surface area contributed by atoms with E-state index in [-0.39, 0.29) is 18.0 Å². The van der Waals surface area contributed by atoms with E-state index in [0.717, 1.165) is 36.8 Å². The SMILES string of the molecule is CCOC(C)OC(=O)c1ccc(C2CCC(OC(=O)/C=C/c3ccc(I)cc3C)CC2)cc1. The average molecular weight is 562 g/mol. The maximum absolute atomic E-state index is 12.3. The Morgan fingerprint density at radius 2 is 1.79 bits per heavy atom. The molecule has 0 saturated heterocycles. The predicted molar refractivity (Wildman–Crippen MR) is 137 cm³/mol. The third kappa shape index (κ3) is 7.67. The highest BCUT2D eigenvalue weighted by molar-refractivity contribution is 14.1. The van der Waals surface area contributed by atoms with E-state index in [4.69, 9.17) is 14.2 Å². The topological polar surface area (TPSA) is 61.8 Å². The summed E-state index contributed by atoms with van der Waals surface area (Å²) in [5.41, 5.74) is 3.87. The van der Waals surface area contributed by atoms with Gasteiger partial charge in [-0.3, -0.25) is 0 Å². The lowest BCUT2D eigenvalue weighted by Gasteiger charge is -2.28. The molecular weight excluding hydrogens is 531 g/mol. The van der Waals surface area contributed by atoms with Gasteiger partial charge in [0.2, 0.25) is 0 Å². The molecule has 0 bridgehead atoms. The smallest absolute Gasteiger partial charge is 0.340 e. The molecule has 1 atom stereocenters. The fourth-order valence-corrected chi connectivity index (χ4v) is 4.73. The Bertz CT molecular complexity index is 975. The van der Waals surface area contributed by atoms with Crippen LogP contribution in [0.1, 0.15) is 72.5 Å². The first-order valence-corrected chi connectivity index (χ1v) is 12.5. The van der Waals surface area contributed by atoms with Gasteiger partial charge in [-0.1, -0.05) is 18.2 Å². The molecule has 1 saturated carbocycles. The highest BCUT2D eigenvalue weighted by Gasteiger charge is 2.24. The van der Waals surface area contributed by atoms with E-state index in [1.165, 1.54) is 15.2 Å². The molecule has 0 aliphatic heterocycles. The Morgan fingerprint density at radius 3 is 2.42 bits per heavy atom. The van der Waals surface area contributed by atoms with Crippen LogP contribution < -0.4 is 0 Å². The Balaban J connectivity index is 1.47. The molecule has 1 aliphatic carbocycles. The first kappa shape index (κ1) is 25.4. The summed E-state index contributed by atoms with van der Waals surface area (Å²) in [5.74, 6) is -0.274. The van der Waals surface area contributed by atoms with Crippen LogP contribution in [0, 0.1) is 10.5 Å². The van der Waals surface area contributed by atoms with Crippen molar-refractivity contribution in [3.05, 3.63) is 74.4 Å². The molecule has 1 aliphatic rings. The van der Waals surface area contributed by atoms with Crippen LogP contribution in [0.4, 0.5) is 0 Å². The highest BCUT2D eigenvalue weighted by Crippen LogP contribution is 2.34. The highest BCUT2D eigenvalue weighted by atomic mass is 127. The second-order valence-electron chi connectivity index (χ2n) is 8.30. The van der Waals surface area contributed by atoms with Crippen molar-refractivity contribution >= 4 is 40.6 Å². The van der Waals surface area contributed by atoms with Gasteiger partial charge < -0.3 is 14.2 Å². The van der Waals surface area contributed by atoms with Crippen molar-refractivity contribution in [1.29, 1.82) is 0 Å². The number of aryl methyl sites for hydroxylation is 1. The van der Waals surface area contributed by atoms with Gasteiger partial charge in [0.1, 0.15) is 6.10 Å². The van der Waals surface area contributed by atoms with Crippen LogP contribution in [0.15, 0.2) is 48.5 Å². The Morgan fingerprint density at radius 1 is 1.09 bits per heavy atom. The first-order valence-electron chi connectivity index (χ1n) is 11.4. The average Bonchev–Trinajstić information content (AvgIpc) is 2.79. The molecule has 5 nitrogen and oxygen atoms in total. The molecule has 6 heteroatoms. The minimum absolute atomic E-state index is 0.0504. The number of rotatable bonds is 8. The van der Waals surface area contributed by atoms with Crippen molar-refractivity contribution in [3.63, 3.8) is 0 Å². The van der Waals surface area contributed by atoms with E-state index in [1.54, 1.807) is 19.1 Å². The molecular formula is C27H31IO5. The second kappa shape index (κ2) is 12.3. The maximum atomic E-state index is 12.3. The lowest BCUT2D eigenvalue weighted by Crippen LogP contribution is -2.23. The lowest BCUT2D eigenvalue weighted by atomic mass is 9.82. The molecule has 3 rings (SSSR count). The van der Waals surface area contributed by atoms with Crippen molar-refractivity contribution in [2.24, 2.45) is 0 Å². The minimum Gasteiger partial charge on any atom is -0.459 e. The quantitative estimate of drug-likeness (QED) is 0.161. The minimum atomic E-state index is -0.560. The number of benzene rings is 2. The van der Waals surface area contributed by atoms with Crippen LogP contribution in [0.5, 0.6) is 0 Å². The third-order valence-corrected chi connectivity index (χ3v) is 6.55. The molecule has 0 N–H and O–H groups in total. The van der Waals surface area contributed by atoms with Crippen LogP contribution in [0.25, 0.3) is 6.08 Å². The summed E-state index contributed by atoms with van der Waals surface area (Å²) in [4.78, 5) is 24.5. The lowest BCUT2D eigenvalue weighted by molar-refractivity contribution is -0.144. The summed E-state index contributed by atoms with van der Waals surface area (Å²) < 4.78 is 17.4. The summed E-state index contributed by atoms with van der Waals surface area (Å²) in [5, 5.41) is 0. The van der Waals surface area contributed by atoms with Crippen LogP contribution in [-0.4, -0.2) is 30.9 Å².